The van der Waals surface area contributed by atoms with Crippen LogP contribution in [0.2, 0.25) is 0 Å². The highest BCUT2D eigenvalue weighted by atomic mass is 19.1. The molecule has 0 saturated carbocycles. The Morgan fingerprint density at radius 2 is 1.93 bits per heavy atom. The minimum absolute atomic E-state index is 0.136. The van der Waals surface area contributed by atoms with E-state index in [0.717, 1.165) is 12.0 Å². The monoisotopic (exact) mass is 195 g/mol. The molecule has 14 heavy (non-hydrogen) atoms. The molecular weight excluding hydrogens is 177 g/mol. The van der Waals surface area contributed by atoms with Gasteiger partial charge in [0.05, 0.1) is 0 Å². The second-order valence-corrected chi connectivity index (χ2v) is 4.08. The predicted octanol–water partition coefficient (Wildman–Crippen LogP) is 2.91. The van der Waals surface area contributed by atoms with Gasteiger partial charge in [-0.3, -0.25) is 0 Å². The van der Waals surface area contributed by atoms with Gasteiger partial charge in [-0.1, -0.05) is 32.0 Å². The van der Waals surface area contributed by atoms with Gasteiger partial charge in [-0.25, -0.2) is 4.39 Å². The molecule has 0 aliphatic carbocycles. The lowest BCUT2D eigenvalue weighted by Crippen LogP contribution is -2.15. The van der Waals surface area contributed by atoms with Crippen molar-refractivity contribution in [1.82, 2.24) is 0 Å². The average molecular weight is 195 g/mol. The summed E-state index contributed by atoms with van der Waals surface area (Å²) in [4.78, 5) is 0. The molecule has 0 fully saturated rings. The first-order valence-electron chi connectivity index (χ1n) is 5.09. The van der Waals surface area contributed by atoms with E-state index in [1.807, 2.05) is 12.1 Å². The summed E-state index contributed by atoms with van der Waals surface area (Å²) < 4.78 is 13.4. The normalized spacial score (nSPS) is 13.2. The summed E-state index contributed by atoms with van der Waals surface area (Å²) in [5.74, 6) is 0.558. The Hall–Kier alpha value is -0.890. The zero-order valence-corrected chi connectivity index (χ0v) is 8.83. The maximum atomic E-state index is 13.4. The fraction of sp³-hybridized carbons (Fsp3) is 0.500. The Bertz CT molecular complexity index is 283. The van der Waals surface area contributed by atoms with E-state index in [9.17, 15) is 4.39 Å². The van der Waals surface area contributed by atoms with Gasteiger partial charge < -0.3 is 5.73 Å². The third kappa shape index (κ3) is 2.81. The Kier molecular flexibility index (Phi) is 4.08. The van der Waals surface area contributed by atoms with Crippen molar-refractivity contribution in [2.45, 2.75) is 26.2 Å². The molecule has 0 heterocycles. The molecule has 1 atom stereocenters. The highest BCUT2D eigenvalue weighted by Gasteiger charge is 2.14. The van der Waals surface area contributed by atoms with Crippen LogP contribution in [0.3, 0.4) is 0 Å². The second kappa shape index (κ2) is 5.11. The highest BCUT2D eigenvalue weighted by molar-refractivity contribution is 5.22. The van der Waals surface area contributed by atoms with Crippen LogP contribution in [0.15, 0.2) is 24.3 Å². The summed E-state index contributed by atoms with van der Waals surface area (Å²) in [6.45, 7) is 4.77. The van der Waals surface area contributed by atoms with Gasteiger partial charge in [0, 0.05) is 0 Å². The lowest BCUT2D eigenvalue weighted by Gasteiger charge is -2.17. The maximum absolute atomic E-state index is 13.4. The number of benzene rings is 1. The van der Waals surface area contributed by atoms with Crippen molar-refractivity contribution in [3.8, 4) is 0 Å². The molecule has 0 aliphatic rings. The van der Waals surface area contributed by atoms with Gasteiger partial charge in [0.2, 0.25) is 0 Å². The van der Waals surface area contributed by atoms with Crippen molar-refractivity contribution in [2.24, 2.45) is 11.7 Å². The summed E-state index contributed by atoms with van der Waals surface area (Å²) in [6.07, 6.45) is 0.942. The molecule has 1 aromatic rings. The van der Waals surface area contributed by atoms with Crippen molar-refractivity contribution < 1.29 is 4.39 Å². The van der Waals surface area contributed by atoms with E-state index in [0.29, 0.717) is 12.5 Å². The molecule has 1 aromatic carbocycles. The van der Waals surface area contributed by atoms with Crippen LogP contribution in [0, 0.1) is 11.7 Å². The van der Waals surface area contributed by atoms with Crippen molar-refractivity contribution in [2.75, 3.05) is 6.54 Å². The topological polar surface area (TPSA) is 26.0 Å². The number of hydrogen-bond acceptors (Lipinski definition) is 1. The first-order chi connectivity index (χ1) is 6.65. The Labute approximate surface area is 85.1 Å². The van der Waals surface area contributed by atoms with Gasteiger partial charge in [-0.15, -0.1) is 0 Å². The number of hydrogen-bond donors (Lipinski definition) is 1. The van der Waals surface area contributed by atoms with Gasteiger partial charge in [-0.2, -0.15) is 0 Å². The van der Waals surface area contributed by atoms with E-state index in [2.05, 4.69) is 13.8 Å². The SMILES string of the molecule is CC(C)CC(CN)c1ccccc1F. The van der Waals surface area contributed by atoms with Crippen LogP contribution in [0.1, 0.15) is 31.7 Å². The lowest BCUT2D eigenvalue weighted by atomic mass is 9.90. The van der Waals surface area contributed by atoms with Crippen molar-refractivity contribution >= 4 is 0 Å². The summed E-state index contributed by atoms with van der Waals surface area (Å²) in [5, 5.41) is 0. The van der Waals surface area contributed by atoms with Gasteiger partial charge in [0.1, 0.15) is 5.82 Å². The van der Waals surface area contributed by atoms with Gasteiger partial charge in [0.25, 0.3) is 0 Å². The molecule has 0 bridgehead atoms. The molecule has 0 radical (unpaired) electrons. The standard InChI is InChI=1S/C12H18FN/c1-9(2)7-10(8-14)11-5-3-4-6-12(11)13/h3-6,9-10H,7-8,14H2,1-2H3. The molecule has 1 unspecified atom stereocenters. The minimum Gasteiger partial charge on any atom is -0.330 e. The second-order valence-electron chi connectivity index (χ2n) is 4.08. The molecule has 0 spiro atoms. The summed E-state index contributed by atoms with van der Waals surface area (Å²) in [7, 11) is 0. The molecule has 0 amide bonds. The minimum atomic E-state index is -0.136. The van der Waals surface area contributed by atoms with E-state index in [1.165, 1.54) is 6.07 Å². The van der Waals surface area contributed by atoms with E-state index < -0.39 is 0 Å². The van der Waals surface area contributed by atoms with Gasteiger partial charge >= 0.3 is 0 Å². The highest BCUT2D eigenvalue weighted by Crippen LogP contribution is 2.24. The predicted molar refractivity (Wildman–Crippen MR) is 57.7 cm³/mol. The molecule has 1 rings (SSSR count). The summed E-state index contributed by atoms with van der Waals surface area (Å²) >= 11 is 0. The van der Waals surface area contributed by atoms with E-state index in [-0.39, 0.29) is 11.7 Å². The number of rotatable bonds is 4. The quantitative estimate of drug-likeness (QED) is 0.785. The molecule has 0 saturated heterocycles. The average Bonchev–Trinajstić information content (AvgIpc) is 2.15. The first kappa shape index (κ1) is 11.2. The number of nitrogens with two attached hydrogens (primary N) is 1. The van der Waals surface area contributed by atoms with E-state index >= 15 is 0 Å². The van der Waals surface area contributed by atoms with Crippen molar-refractivity contribution in [3.63, 3.8) is 0 Å². The summed E-state index contributed by atoms with van der Waals surface area (Å²) in [5.41, 5.74) is 6.41. The largest absolute Gasteiger partial charge is 0.330 e. The maximum Gasteiger partial charge on any atom is 0.126 e. The fourth-order valence-corrected chi connectivity index (χ4v) is 1.73. The fourth-order valence-electron chi connectivity index (χ4n) is 1.73. The van der Waals surface area contributed by atoms with Crippen molar-refractivity contribution in [1.29, 1.82) is 0 Å². The van der Waals surface area contributed by atoms with Crippen LogP contribution in [0.4, 0.5) is 4.39 Å². The van der Waals surface area contributed by atoms with Crippen LogP contribution in [0.5, 0.6) is 0 Å². The third-order valence-corrected chi connectivity index (χ3v) is 2.39. The van der Waals surface area contributed by atoms with Crippen LogP contribution in [-0.4, -0.2) is 6.54 Å². The van der Waals surface area contributed by atoms with E-state index in [1.54, 1.807) is 6.07 Å². The Morgan fingerprint density at radius 1 is 1.29 bits per heavy atom. The summed E-state index contributed by atoms with van der Waals surface area (Å²) in [6, 6.07) is 6.90. The molecule has 0 aliphatic heterocycles. The lowest BCUT2D eigenvalue weighted by molar-refractivity contribution is 0.484. The van der Waals surface area contributed by atoms with Gasteiger partial charge in [-0.05, 0) is 36.4 Å². The van der Waals surface area contributed by atoms with Crippen LogP contribution < -0.4 is 5.73 Å². The number of halogens is 1. The van der Waals surface area contributed by atoms with E-state index in [4.69, 9.17) is 5.73 Å². The zero-order valence-electron chi connectivity index (χ0n) is 8.83. The molecular formula is C12H18FN. The Morgan fingerprint density at radius 3 is 2.43 bits per heavy atom. The molecule has 78 valence electrons. The smallest absolute Gasteiger partial charge is 0.126 e. The molecule has 2 heteroatoms. The zero-order chi connectivity index (χ0) is 10.6. The van der Waals surface area contributed by atoms with Crippen LogP contribution in [0.25, 0.3) is 0 Å². The van der Waals surface area contributed by atoms with Crippen LogP contribution >= 0.6 is 0 Å². The molecule has 0 aromatic heterocycles. The molecule has 1 nitrogen and oxygen atoms in total. The first-order valence-corrected chi connectivity index (χ1v) is 5.09. The van der Waals surface area contributed by atoms with Crippen LogP contribution in [-0.2, 0) is 0 Å². The molecule has 2 N–H and O–H groups in total. The Balaban J connectivity index is 2.83. The van der Waals surface area contributed by atoms with Crippen molar-refractivity contribution in [3.05, 3.63) is 35.6 Å². The van der Waals surface area contributed by atoms with Gasteiger partial charge in [0.15, 0.2) is 0 Å². The third-order valence-electron chi connectivity index (χ3n) is 2.39.